The third-order valence-electron chi connectivity index (χ3n) is 1.79. The zero-order valence-electron chi connectivity index (χ0n) is 7.44. The molecule has 2 aromatic rings. The average molecular weight is 192 g/mol. The van der Waals surface area contributed by atoms with E-state index in [2.05, 4.69) is 19.7 Å². The Morgan fingerprint density at radius 1 is 1.57 bits per heavy atom. The fourth-order valence-corrected chi connectivity index (χ4v) is 1.13. The number of H-pyrrole nitrogens is 1. The average Bonchev–Trinajstić information content (AvgIpc) is 2.62. The lowest BCUT2D eigenvalue weighted by atomic mass is 10.4. The van der Waals surface area contributed by atoms with Crippen LogP contribution in [-0.2, 0) is 4.74 Å². The first-order valence-corrected chi connectivity index (χ1v) is 3.91. The molecule has 0 radical (unpaired) electrons. The number of nitrogens with zero attached hydrogens (tertiary/aromatic N) is 2. The summed E-state index contributed by atoms with van der Waals surface area (Å²) in [7, 11) is 1.27. The molecule has 6 heteroatoms. The van der Waals surface area contributed by atoms with E-state index in [0.29, 0.717) is 11.2 Å². The van der Waals surface area contributed by atoms with Gasteiger partial charge in [-0.1, -0.05) is 0 Å². The number of ether oxygens (including phenoxy) is 1. The van der Waals surface area contributed by atoms with Crippen molar-refractivity contribution in [3.63, 3.8) is 0 Å². The van der Waals surface area contributed by atoms with Crippen LogP contribution >= 0.6 is 0 Å². The summed E-state index contributed by atoms with van der Waals surface area (Å²) in [6, 6.07) is 1.70. The second kappa shape index (κ2) is 2.99. The van der Waals surface area contributed by atoms with Gasteiger partial charge in [0, 0.05) is 6.20 Å². The van der Waals surface area contributed by atoms with Gasteiger partial charge in [0.25, 0.3) is 0 Å². The monoisotopic (exact) mass is 192 g/mol. The number of anilines is 1. The highest BCUT2D eigenvalue weighted by atomic mass is 16.5. The van der Waals surface area contributed by atoms with E-state index in [4.69, 9.17) is 5.73 Å². The predicted molar refractivity (Wildman–Crippen MR) is 49.6 cm³/mol. The van der Waals surface area contributed by atoms with E-state index in [9.17, 15) is 4.79 Å². The number of methoxy groups -OCH3 is 1. The van der Waals surface area contributed by atoms with Crippen LogP contribution in [0.25, 0.3) is 11.2 Å². The number of fused-ring (bicyclic) bond motifs is 1. The van der Waals surface area contributed by atoms with Crippen LogP contribution in [0.15, 0.2) is 12.3 Å². The maximum atomic E-state index is 11.2. The third kappa shape index (κ3) is 1.17. The van der Waals surface area contributed by atoms with Crippen molar-refractivity contribution in [2.75, 3.05) is 12.8 Å². The van der Waals surface area contributed by atoms with E-state index < -0.39 is 5.97 Å². The molecule has 3 N–H and O–H groups in total. The smallest absolute Gasteiger partial charge is 0.360 e. The molecule has 0 spiro atoms. The minimum atomic E-state index is -0.585. The maximum absolute atomic E-state index is 11.2. The second-order valence-electron chi connectivity index (χ2n) is 2.66. The maximum Gasteiger partial charge on any atom is 0.360 e. The van der Waals surface area contributed by atoms with E-state index in [1.165, 1.54) is 7.11 Å². The van der Waals surface area contributed by atoms with Crippen molar-refractivity contribution in [1.29, 1.82) is 0 Å². The van der Waals surface area contributed by atoms with Crippen molar-refractivity contribution >= 4 is 23.0 Å². The Morgan fingerprint density at radius 3 is 3.07 bits per heavy atom. The Labute approximate surface area is 79.1 Å². The molecule has 0 bridgehead atoms. The zero-order valence-corrected chi connectivity index (χ0v) is 7.44. The summed E-state index contributed by atoms with van der Waals surface area (Å²) < 4.78 is 4.51. The fourth-order valence-electron chi connectivity index (χ4n) is 1.13. The van der Waals surface area contributed by atoms with Gasteiger partial charge in [0.2, 0.25) is 0 Å². The highest BCUT2D eigenvalue weighted by Gasteiger charge is 2.14. The Morgan fingerprint density at radius 2 is 2.36 bits per heavy atom. The molecule has 0 aliphatic heterocycles. The normalized spacial score (nSPS) is 10.4. The minimum Gasteiger partial charge on any atom is -0.464 e. The van der Waals surface area contributed by atoms with Gasteiger partial charge in [-0.3, -0.25) is 0 Å². The van der Waals surface area contributed by atoms with Gasteiger partial charge in [-0.05, 0) is 6.07 Å². The molecule has 0 amide bonds. The van der Waals surface area contributed by atoms with Crippen molar-refractivity contribution < 1.29 is 9.53 Å². The van der Waals surface area contributed by atoms with Crippen LogP contribution in [-0.4, -0.2) is 28.0 Å². The van der Waals surface area contributed by atoms with Gasteiger partial charge in [-0.2, -0.15) is 0 Å². The predicted octanol–water partition coefficient (Wildman–Crippen LogP) is 0.327. The van der Waals surface area contributed by atoms with Crippen LogP contribution in [0.2, 0.25) is 0 Å². The van der Waals surface area contributed by atoms with Crippen LogP contribution in [0.1, 0.15) is 10.5 Å². The van der Waals surface area contributed by atoms with Crippen LogP contribution in [0.5, 0.6) is 0 Å². The first-order chi connectivity index (χ1) is 6.72. The number of aromatic nitrogens is 3. The van der Waals surface area contributed by atoms with Gasteiger partial charge in [0.15, 0.2) is 17.2 Å². The molecule has 0 fully saturated rings. The van der Waals surface area contributed by atoms with E-state index in [1.807, 2.05) is 0 Å². The lowest BCUT2D eigenvalue weighted by Gasteiger charge is -2.01. The highest BCUT2D eigenvalue weighted by Crippen LogP contribution is 2.13. The molecule has 2 heterocycles. The third-order valence-corrected chi connectivity index (χ3v) is 1.79. The van der Waals surface area contributed by atoms with Gasteiger partial charge in [0.1, 0.15) is 5.52 Å². The molecule has 2 aromatic heterocycles. The first kappa shape index (κ1) is 8.49. The number of carbonyl (C=O) groups excluding carboxylic acids is 1. The van der Waals surface area contributed by atoms with Crippen molar-refractivity contribution in [3.8, 4) is 0 Å². The summed E-state index contributed by atoms with van der Waals surface area (Å²) in [5.41, 5.74) is 6.70. The summed E-state index contributed by atoms with van der Waals surface area (Å²) in [6.45, 7) is 0. The Bertz CT molecular complexity index is 491. The molecule has 0 aliphatic carbocycles. The van der Waals surface area contributed by atoms with Gasteiger partial charge < -0.3 is 15.5 Å². The molecular formula is C8H8N4O2. The van der Waals surface area contributed by atoms with Crippen molar-refractivity contribution in [2.45, 2.75) is 0 Å². The molecule has 0 atom stereocenters. The molecular weight excluding hydrogens is 184 g/mol. The van der Waals surface area contributed by atoms with Crippen molar-refractivity contribution in [2.24, 2.45) is 0 Å². The van der Waals surface area contributed by atoms with Crippen LogP contribution in [0.4, 0.5) is 5.82 Å². The molecule has 6 nitrogen and oxygen atoms in total. The van der Waals surface area contributed by atoms with Gasteiger partial charge in [-0.25, -0.2) is 14.8 Å². The standard InChI is InChI=1S/C8H8N4O2/c1-14-8(13)5-6(9)12-7-4(11-5)2-3-10-7/h2-3H,1H3,(H3,9,10,12). The minimum absolute atomic E-state index is 0.0413. The number of nitrogens with two attached hydrogens (primary N) is 1. The SMILES string of the molecule is COC(=O)c1nc2cc[nH]c2nc1N. The largest absolute Gasteiger partial charge is 0.464 e. The van der Waals surface area contributed by atoms with Gasteiger partial charge >= 0.3 is 5.97 Å². The van der Waals surface area contributed by atoms with Crippen LogP contribution < -0.4 is 5.73 Å². The molecule has 14 heavy (non-hydrogen) atoms. The van der Waals surface area contributed by atoms with Gasteiger partial charge in [0.05, 0.1) is 7.11 Å². The van der Waals surface area contributed by atoms with E-state index in [1.54, 1.807) is 12.3 Å². The molecule has 0 unspecified atom stereocenters. The molecule has 2 rings (SSSR count). The van der Waals surface area contributed by atoms with Crippen molar-refractivity contribution in [3.05, 3.63) is 18.0 Å². The number of hydrogen-bond donors (Lipinski definition) is 2. The van der Waals surface area contributed by atoms with Gasteiger partial charge in [-0.15, -0.1) is 0 Å². The van der Waals surface area contributed by atoms with Crippen LogP contribution in [0, 0.1) is 0 Å². The molecule has 0 saturated heterocycles. The summed E-state index contributed by atoms with van der Waals surface area (Å²) in [6.07, 6.45) is 1.67. The van der Waals surface area contributed by atoms with E-state index >= 15 is 0 Å². The molecule has 72 valence electrons. The number of hydrogen-bond acceptors (Lipinski definition) is 5. The summed E-state index contributed by atoms with van der Waals surface area (Å²) in [5, 5.41) is 0. The molecule has 0 aliphatic rings. The van der Waals surface area contributed by atoms with E-state index in [0.717, 1.165) is 0 Å². The van der Waals surface area contributed by atoms with Crippen LogP contribution in [0.3, 0.4) is 0 Å². The lowest BCUT2D eigenvalue weighted by molar-refractivity contribution is 0.0595. The Kier molecular flexibility index (Phi) is 1.81. The number of esters is 1. The lowest BCUT2D eigenvalue weighted by Crippen LogP contribution is -2.10. The van der Waals surface area contributed by atoms with E-state index in [-0.39, 0.29) is 11.5 Å². The first-order valence-electron chi connectivity index (χ1n) is 3.91. The Hall–Kier alpha value is -2.11. The number of nitrogens with one attached hydrogen (secondary N) is 1. The summed E-state index contributed by atoms with van der Waals surface area (Å²) in [4.78, 5) is 22.0. The number of aromatic amines is 1. The number of nitrogen functional groups attached to an aromatic ring is 1. The summed E-state index contributed by atoms with van der Waals surface area (Å²) >= 11 is 0. The molecule has 0 saturated carbocycles. The fraction of sp³-hybridized carbons (Fsp3) is 0.125. The number of carbonyl (C=O) groups is 1. The Balaban J connectivity index is 2.64. The van der Waals surface area contributed by atoms with Crippen molar-refractivity contribution in [1.82, 2.24) is 15.0 Å². The number of rotatable bonds is 1. The topological polar surface area (TPSA) is 93.9 Å². The highest BCUT2D eigenvalue weighted by molar-refractivity contribution is 5.94. The molecule has 0 aromatic carbocycles. The summed E-state index contributed by atoms with van der Waals surface area (Å²) in [5.74, 6) is -0.523. The quantitative estimate of drug-likeness (QED) is 0.635. The second-order valence-corrected chi connectivity index (χ2v) is 2.66. The zero-order chi connectivity index (χ0) is 10.1.